The predicted octanol–water partition coefficient (Wildman–Crippen LogP) is 1.74. The molecule has 0 bridgehead atoms. The van der Waals surface area contributed by atoms with Gasteiger partial charge in [-0.25, -0.2) is 0 Å². The van der Waals surface area contributed by atoms with E-state index in [4.69, 9.17) is 0 Å². The molecule has 9 heteroatoms. The summed E-state index contributed by atoms with van der Waals surface area (Å²) in [6.07, 6.45) is 1.28. The number of hydrogen-bond donors (Lipinski definition) is 5. The lowest BCUT2D eigenvalue weighted by atomic mass is 9.96. The Morgan fingerprint density at radius 1 is 1.03 bits per heavy atom. The molecule has 2 unspecified atom stereocenters. The summed E-state index contributed by atoms with van der Waals surface area (Å²) in [5, 5.41) is 30.8. The van der Waals surface area contributed by atoms with Crippen molar-refractivity contribution < 1.29 is 24.6 Å². The fourth-order valence-electron chi connectivity index (χ4n) is 5.07. The van der Waals surface area contributed by atoms with Crippen molar-refractivity contribution in [3.63, 3.8) is 0 Å². The Kier molecular flexibility index (Phi) is 11.9. The highest BCUT2D eigenvalue weighted by molar-refractivity contribution is 6.03. The van der Waals surface area contributed by atoms with E-state index in [-0.39, 0.29) is 37.2 Å². The third-order valence-corrected chi connectivity index (χ3v) is 7.36. The highest BCUT2D eigenvalue weighted by Crippen LogP contribution is 2.23. The number of fused-ring (bicyclic) bond motifs is 1. The van der Waals surface area contributed by atoms with Crippen LogP contribution in [0, 0.1) is 5.92 Å². The summed E-state index contributed by atoms with van der Waals surface area (Å²) in [6.45, 7) is 6.60. The lowest BCUT2D eigenvalue weighted by Crippen LogP contribution is -2.59. The molecule has 3 amide bonds. The van der Waals surface area contributed by atoms with E-state index in [0.717, 1.165) is 22.8 Å². The van der Waals surface area contributed by atoms with E-state index in [0.29, 0.717) is 32.4 Å². The Bertz CT molecular complexity index is 1080. The van der Waals surface area contributed by atoms with E-state index in [1.165, 1.54) is 4.90 Å². The topological polar surface area (TPSA) is 131 Å². The Labute approximate surface area is 231 Å². The van der Waals surface area contributed by atoms with Crippen LogP contribution in [-0.4, -0.2) is 83.3 Å². The molecule has 3 rings (SSSR count). The second-order valence-electron chi connectivity index (χ2n) is 10.5. The molecule has 0 spiro atoms. The molecule has 0 radical (unpaired) electrons. The van der Waals surface area contributed by atoms with Crippen LogP contribution in [0.25, 0.3) is 10.8 Å². The summed E-state index contributed by atoms with van der Waals surface area (Å²) in [7, 11) is 0. The molecule has 214 valence electrons. The predicted molar refractivity (Wildman–Crippen MR) is 152 cm³/mol. The SMILES string of the molecule is CCC(CC)C(=O)N(C(=O)[C@@H]1CCCN1)[C@H](Cc1ccc2ccccc2c1)C(=O)NCC(O)CNCC(C)O. The van der Waals surface area contributed by atoms with E-state index in [1.807, 2.05) is 56.3 Å². The van der Waals surface area contributed by atoms with Crippen molar-refractivity contribution in [3.05, 3.63) is 48.0 Å². The smallest absolute Gasteiger partial charge is 0.247 e. The Morgan fingerprint density at radius 3 is 2.38 bits per heavy atom. The summed E-state index contributed by atoms with van der Waals surface area (Å²) in [5.74, 6) is -1.57. The zero-order valence-electron chi connectivity index (χ0n) is 23.4. The molecule has 1 fully saturated rings. The number of amides is 3. The van der Waals surface area contributed by atoms with E-state index in [1.54, 1.807) is 6.92 Å². The number of carbonyl (C=O) groups is 3. The average Bonchev–Trinajstić information content (AvgIpc) is 3.47. The summed E-state index contributed by atoms with van der Waals surface area (Å²) in [4.78, 5) is 42.5. The third kappa shape index (κ3) is 8.57. The molecule has 0 aliphatic carbocycles. The molecule has 2 aromatic carbocycles. The summed E-state index contributed by atoms with van der Waals surface area (Å²) >= 11 is 0. The molecule has 5 N–H and O–H groups in total. The summed E-state index contributed by atoms with van der Waals surface area (Å²) in [6, 6.07) is 12.2. The van der Waals surface area contributed by atoms with Crippen LogP contribution in [0.15, 0.2) is 42.5 Å². The van der Waals surface area contributed by atoms with Crippen LogP contribution in [-0.2, 0) is 20.8 Å². The van der Waals surface area contributed by atoms with Gasteiger partial charge >= 0.3 is 0 Å². The monoisotopic (exact) mass is 540 g/mol. The number of imide groups is 1. The minimum Gasteiger partial charge on any atom is -0.392 e. The standard InChI is InChI=1S/C30H44N4O5/c1-4-22(5-2)29(38)34(30(39)26-11-8-14-32-26)27(28(37)33-19-25(36)18-31-17-20(3)35)16-21-12-13-23-9-6-7-10-24(23)15-21/h6-7,9-10,12-13,15,20,22,25-27,31-32,35-36H,4-5,8,11,14,16-19H2,1-3H3,(H,33,37)/t20?,25?,26-,27+/m0/s1. The van der Waals surface area contributed by atoms with Gasteiger partial charge in [-0.15, -0.1) is 0 Å². The number of nitrogens with zero attached hydrogens (tertiary/aromatic N) is 1. The molecule has 0 saturated carbocycles. The van der Waals surface area contributed by atoms with E-state index >= 15 is 0 Å². The molecule has 39 heavy (non-hydrogen) atoms. The fraction of sp³-hybridized carbons (Fsp3) is 0.567. The minimum absolute atomic E-state index is 0.0528. The van der Waals surface area contributed by atoms with Gasteiger partial charge in [0.05, 0.1) is 18.2 Å². The largest absolute Gasteiger partial charge is 0.392 e. The molecule has 1 heterocycles. The minimum atomic E-state index is -1.06. The first-order valence-electron chi connectivity index (χ1n) is 14.2. The number of aliphatic hydroxyl groups is 2. The fourth-order valence-corrected chi connectivity index (χ4v) is 5.07. The van der Waals surface area contributed by atoms with Crippen molar-refractivity contribution in [2.24, 2.45) is 5.92 Å². The molecular formula is C30H44N4O5. The van der Waals surface area contributed by atoms with Crippen molar-refractivity contribution in [1.29, 1.82) is 0 Å². The first kappa shape index (κ1) is 30.7. The van der Waals surface area contributed by atoms with E-state index in [9.17, 15) is 24.6 Å². The number of benzene rings is 2. The molecule has 1 aliphatic rings. The highest BCUT2D eigenvalue weighted by atomic mass is 16.3. The lowest BCUT2D eigenvalue weighted by Gasteiger charge is -2.34. The van der Waals surface area contributed by atoms with Crippen molar-refractivity contribution in [2.75, 3.05) is 26.2 Å². The van der Waals surface area contributed by atoms with Gasteiger partial charge in [-0.1, -0.05) is 56.3 Å². The van der Waals surface area contributed by atoms with Crippen LogP contribution in [0.2, 0.25) is 0 Å². The second kappa shape index (κ2) is 15.1. The zero-order valence-corrected chi connectivity index (χ0v) is 23.4. The quantitative estimate of drug-likeness (QED) is 0.247. The Morgan fingerprint density at radius 2 is 1.74 bits per heavy atom. The van der Waals surface area contributed by atoms with Gasteiger partial charge in [-0.2, -0.15) is 0 Å². The molecular weight excluding hydrogens is 496 g/mol. The van der Waals surface area contributed by atoms with E-state index < -0.39 is 30.2 Å². The van der Waals surface area contributed by atoms with Crippen LogP contribution < -0.4 is 16.0 Å². The number of hydrogen-bond acceptors (Lipinski definition) is 7. The normalized spacial score (nSPS) is 17.6. The lowest BCUT2D eigenvalue weighted by molar-refractivity contribution is -0.155. The molecule has 1 aliphatic heterocycles. The number of carbonyl (C=O) groups excluding carboxylic acids is 3. The number of rotatable bonds is 14. The van der Waals surface area contributed by atoms with Crippen LogP contribution in [0.3, 0.4) is 0 Å². The number of nitrogens with one attached hydrogen (secondary N) is 3. The maximum Gasteiger partial charge on any atom is 0.247 e. The zero-order chi connectivity index (χ0) is 28.4. The first-order chi connectivity index (χ1) is 18.7. The van der Waals surface area contributed by atoms with Crippen LogP contribution in [0.4, 0.5) is 0 Å². The van der Waals surface area contributed by atoms with Crippen molar-refractivity contribution in [3.8, 4) is 0 Å². The van der Waals surface area contributed by atoms with Gasteiger partial charge in [-0.3, -0.25) is 19.3 Å². The van der Waals surface area contributed by atoms with Crippen molar-refractivity contribution >= 4 is 28.5 Å². The third-order valence-electron chi connectivity index (χ3n) is 7.36. The van der Waals surface area contributed by atoms with E-state index in [2.05, 4.69) is 16.0 Å². The summed E-state index contributed by atoms with van der Waals surface area (Å²) < 4.78 is 0. The summed E-state index contributed by atoms with van der Waals surface area (Å²) in [5.41, 5.74) is 0.836. The van der Waals surface area contributed by atoms with Gasteiger partial charge < -0.3 is 26.2 Å². The highest BCUT2D eigenvalue weighted by Gasteiger charge is 2.40. The van der Waals surface area contributed by atoms with Crippen LogP contribution in [0.5, 0.6) is 0 Å². The van der Waals surface area contributed by atoms with Crippen molar-refractivity contribution in [2.45, 2.75) is 77.2 Å². The molecule has 4 atom stereocenters. The molecule has 9 nitrogen and oxygen atoms in total. The van der Waals surface area contributed by atoms with Gasteiger partial charge in [-0.05, 0) is 55.5 Å². The maximum absolute atomic E-state index is 13.8. The average molecular weight is 541 g/mol. The maximum atomic E-state index is 13.8. The molecule has 2 aromatic rings. The van der Waals surface area contributed by atoms with Crippen LogP contribution >= 0.6 is 0 Å². The van der Waals surface area contributed by atoms with Crippen molar-refractivity contribution in [1.82, 2.24) is 20.9 Å². The first-order valence-corrected chi connectivity index (χ1v) is 14.2. The molecule has 1 saturated heterocycles. The van der Waals surface area contributed by atoms with Gasteiger partial charge in [0.15, 0.2) is 0 Å². The van der Waals surface area contributed by atoms with Crippen LogP contribution in [0.1, 0.15) is 52.0 Å². The van der Waals surface area contributed by atoms with Gasteiger partial charge in [0.25, 0.3) is 0 Å². The van der Waals surface area contributed by atoms with Gasteiger partial charge in [0, 0.05) is 32.0 Å². The van der Waals surface area contributed by atoms with Gasteiger partial charge in [0.2, 0.25) is 17.7 Å². The molecule has 0 aromatic heterocycles. The Balaban J connectivity index is 1.91. The van der Waals surface area contributed by atoms with Gasteiger partial charge in [0.1, 0.15) is 6.04 Å². The number of aliphatic hydroxyl groups excluding tert-OH is 2. The second-order valence-corrected chi connectivity index (χ2v) is 10.5. The Hall–Kier alpha value is -2.85.